The standard InChI is InChI=1S/C13H30N4/c1-6-12(7-2)16-13(14-8-3)15-10-9-11-17(4)5/h12H,6-11H2,1-5H3,(H2,14,15,16). The fourth-order valence-corrected chi connectivity index (χ4v) is 1.58. The molecule has 0 fully saturated rings. The van der Waals surface area contributed by atoms with Gasteiger partial charge in [-0.25, -0.2) is 0 Å². The second kappa shape index (κ2) is 10.4. The topological polar surface area (TPSA) is 39.7 Å². The van der Waals surface area contributed by atoms with Gasteiger partial charge in [0.2, 0.25) is 0 Å². The number of rotatable bonds is 8. The molecule has 0 atom stereocenters. The molecule has 0 aromatic rings. The first-order valence-electron chi connectivity index (χ1n) is 6.83. The monoisotopic (exact) mass is 242 g/mol. The van der Waals surface area contributed by atoms with E-state index in [0.29, 0.717) is 6.04 Å². The van der Waals surface area contributed by atoms with Gasteiger partial charge in [-0.15, -0.1) is 0 Å². The van der Waals surface area contributed by atoms with Crippen LogP contribution in [0, 0.1) is 0 Å². The zero-order valence-corrected chi connectivity index (χ0v) is 12.2. The second-order valence-electron chi connectivity index (χ2n) is 4.58. The van der Waals surface area contributed by atoms with Gasteiger partial charge in [0, 0.05) is 19.1 Å². The van der Waals surface area contributed by atoms with Gasteiger partial charge in [0.1, 0.15) is 0 Å². The molecule has 0 aliphatic heterocycles. The van der Waals surface area contributed by atoms with E-state index < -0.39 is 0 Å². The van der Waals surface area contributed by atoms with Crippen LogP contribution in [0.4, 0.5) is 0 Å². The minimum atomic E-state index is 0.529. The Morgan fingerprint density at radius 2 is 1.82 bits per heavy atom. The molecular weight excluding hydrogens is 212 g/mol. The maximum absolute atomic E-state index is 4.59. The van der Waals surface area contributed by atoms with Crippen LogP contribution in [0.3, 0.4) is 0 Å². The van der Waals surface area contributed by atoms with Crippen LogP contribution in [0.15, 0.2) is 4.99 Å². The molecule has 0 saturated carbocycles. The number of aliphatic imine (C=N–C) groups is 1. The number of hydrogen-bond acceptors (Lipinski definition) is 2. The number of guanidine groups is 1. The van der Waals surface area contributed by atoms with Gasteiger partial charge in [-0.05, 0) is 46.8 Å². The molecule has 4 nitrogen and oxygen atoms in total. The molecule has 0 spiro atoms. The normalized spacial score (nSPS) is 12.3. The zero-order valence-electron chi connectivity index (χ0n) is 12.2. The summed E-state index contributed by atoms with van der Waals surface area (Å²) in [5.74, 6) is 0.958. The Morgan fingerprint density at radius 1 is 1.18 bits per heavy atom. The van der Waals surface area contributed by atoms with Crippen LogP contribution in [-0.4, -0.2) is 50.6 Å². The third-order valence-electron chi connectivity index (χ3n) is 2.70. The number of nitrogens with zero attached hydrogens (tertiary/aromatic N) is 2. The van der Waals surface area contributed by atoms with Crippen LogP contribution in [0.2, 0.25) is 0 Å². The Balaban J connectivity index is 4.06. The van der Waals surface area contributed by atoms with Crippen LogP contribution < -0.4 is 10.6 Å². The summed E-state index contributed by atoms with van der Waals surface area (Å²) in [7, 11) is 4.19. The van der Waals surface area contributed by atoms with Crippen LogP contribution in [0.1, 0.15) is 40.0 Å². The van der Waals surface area contributed by atoms with Crippen molar-refractivity contribution in [3.63, 3.8) is 0 Å². The lowest BCUT2D eigenvalue weighted by Gasteiger charge is -2.18. The van der Waals surface area contributed by atoms with Gasteiger partial charge in [0.25, 0.3) is 0 Å². The fourth-order valence-electron chi connectivity index (χ4n) is 1.58. The first-order valence-corrected chi connectivity index (χ1v) is 6.83. The summed E-state index contributed by atoms with van der Waals surface area (Å²) >= 11 is 0. The van der Waals surface area contributed by atoms with Crippen LogP contribution in [0.25, 0.3) is 0 Å². The smallest absolute Gasteiger partial charge is 0.191 e. The van der Waals surface area contributed by atoms with Gasteiger partial charge in [-0.1, -0.05) is 13.8 Å². The summed E-state index contributed by atoms with van der Waals surface area (Å²) in [4.78, 5) is 6.78. The molecule has 0 heterocycles. The Hall–Kier alpha value is -0.770. The van der Waals surface area contributed by atoms with Crippen molar-refractivity contribution in [2.75, 3.05) is 33.7 Å². The molecule has 0 bridgehead atoms. The van der Waals surface area contributed by atoms with Crippen molar-refractivity contribution in [1.29, 1.82) is 0 Å². The molecule has 0 aromatic heterocycles. The maximum Gasteiger partial charge on any atom is 0.191 e. The van der Waals surface area contributed by atoms with E-state index in [1.54, 1.807) is 0 Å². The fraction of sp³-hybridized carbons (Fsp3) is 0.923. The highest BCUT2D eigenvalue weighted by atomic mass is 15.2. The van der Waals surface area contributed by atoms with E-state index in [1.807, 2.05) is 0 Å². The highest BCUT2D eigenvalue weighted by molar-refractivity contribution is 5.80. The molecule has 4 heteroatoms. The van der Waals surface area contributed by atoms with Crippen molar-refractivity contribution in [3.05, 3.63) is 0 Å². The maximum atomic E-state index is 4.59. The molecule has 0 aromatic carbocycles. The molecular formula is C13H30N4. The molecule has 2 N–H and O–H groups in total. The molecule has 0 radical (unpaired) electrons. The Morgan fingerprint density at radius 3 is 2.29 bits per heavy atom. The van der Waals surface area contributed by atoms with Gasteiger partial charge in [-0.3, -0.25) is 4.99 Å². The van der Waals surface area contributed by atoms with Crippen molar-refractivity contribution in [1.82, 2.24) is 15.5 Å². The van der Waals surface area contributed by atoms with Crippen molar-refractivity contribution in [2.45, 2.75) is 46.1 Å². The van der Waals surface area contributed by atoms with E-state index in [2.05, 4.69) is 55.4 Å². The summed E-state index contributed by atoms with van der Waals surface area (Å²) in [6.07, 6.45) is 3.38. The molecule has 0 amide bonds. The van der Waals surface area contributed by atoms with Crippen LogP contribution in [-0.2, 0) is 0 Å². The average Bonchev–Trinajstić information content (AvgIpc) is 2.31. The van der Waals surface area contributed by atoms with Crippen LogP contribution in [0.5, 0.6) is 0 Å². The lowest BCUT2D eigenvalue weighted by atomic mass is 10.2. The quantitative estimate of drug-likeness (QED) is 0.386. The van der Waals surface area contributed by atoms with Gasteiger partial charge >= 0.3 is 0 Å². The Bertz CT molecular complexity index is 198. The lowest BCUT2D eigenvalue weighted by Crippen LogP contribution is -2.43. The molecule has 0 aliphatic rings. The average molecular weight is 242 g/mol. The van der Waals surface area contributed by atoms with Crippen molar-refractivity contribution >= 4 is 5.96 Å². The van der Waals surface area contributed by atoms with Crippen molar-refractivity contribution < 1.29 is 0 Å². The molecule has 0 unspecified atom stereocenters. The van der Waals surface area contributed by atoms with Crippen LogP contribution >= 0.6 is 0 Å². The third-order valence-corrected chi connectivity index (χ3v) is 2.70. The largest absolute Gasteiger partial charge is 0.357 e. The predicted molar refractivity (Wildman–Crippen MR) is 76.7 cm³/mol. The number of nitrogens with one attached hydrogen (secondary N) is 2. The highest BCUT2D eigenvalue weighted by Crippen LogP contribution is 1.95. The third kappa shape index (κ3) is 8.98. The van der Waals surface area contributed by atoms with Crippen molar-refractivity contribution in [3.8, 4) is 0 Å². The van der Waals surface area contributed by atoms with E-state index in [1.165, 1.54) is 0 Å². The number of hydrogen-bond donors (Lipinski definition) is 2. The lowest BCUT2D eigenvalue weighted by molar-refractivity contribution is 0.403. The Kier molecular flexibility index (Phi) is 9.92. The van der Waals surface area contributed by atoms with Gasteiger partial charge in [0.05, 0.1) is 0 Å². The van der Waals surface area contributed by atoms with E-state index in [4.69, 9.17) is 0 Å². The summed E-state index contributed by atoms with van der Waals surface area (Å²) in [5, 5.41) is 6.76. The SMILES string of the molecule is CCNC(=NCCCN(C)C)NC(CC)CC. The molecule has 0 saturated heterocycles. The van der Waals surface area contributed by atoms with E-state index in [9.17, 15) is 0 Å². The minimum Gasteiger partial charge on any atom is -0.357 e. The first-order chi connectivity index (χ1) is 8.13. The van der Waals surface area contributed by atoms with Gasteiger partial charge in [0.15, 0.2) is 5.96 Å². The summed E-state index contributed by atoms with van der Waals surface area (Å²) in [6.45, 7) is 9.40. The first kappa shape index (κ1) is 16.2. The predicted octanol–water partition coefficient (Wildman–Crippen LogP) is 1.68. The summed E-state index contributed by atoms with van der Waals surface area (Å²) < 4.78 is 0. The van der Waals surface area contributed by atoms with Crippen molar-refractivity contribution in [2.24, 2.45) is 4.99 Å². The second-order valence-corrected chi connectivity index (χ2v) is 4.58. The van der Waals surface area contributed by atoms with Gasteiger partial charge in [-0.2, -0.15) is 0 Å². The summed E-state index contributed by atoms with van der Waals surface area (Å²) in [6, 6.07) is 0.529. The van der Waals surface area contributed by atoms with Gasteiger partial charge < -0.3 is 15.5 Å². The minimum absolute atomic E-state index is 0.529. The summed E-state index contributed by atoms with van der Waals surface area (Å²) in [5.41, 5.74) is 0. The molecule has 0 aliphatic carbocycles. The van der Waals surface area contributed by atoms with E-state index in [0.717, 1.165) is 44.9 Å². The Labute approximate surface area is 107 Å². The molecule has 102 valence electrons. The molecule has 17 heavy (non-hydrogen) atoms. The van der Waals surface area contributed by atoms with E-state index >= 15 is 0 Å². The molecule has 0 rings (SSSR count). The van der Waals surface area contributed by atoms with E-state index in [-0.39, 0.29) is 0 Å². The highest BCUT2D eigenvalue weighted by Gasteiger charge is 2.05. The zero-order chi connectivity index (χ0) is 13.1.